The van der Waals surface area contributed by atoms with E-state index in [2.05, 4.69) is 4.90 Å². The second kappa shape index (κ2) is 7.90. The summed E-state index contributed by atoms with van der Waals surface area (Å²) in [6, 6.07) is 8.98. The van der Waals surface area contributed by atoms with Crippen LogP contribution in [-0.2, 0) is 4.79 Å². The fourth-order valence-corrected chi connectivity index (χ4v) is 2.96. The summed E-state index contributed by atoms with van der Waals surface area (Å²) in [6.45, 7) is 2.09. The van der Waals surface area contributed by atoms with Crippen LogP contribution < -0.4 is 0 Å². The number of likely N-dealkylation sites (tertiary alicyclic amines) is 1. The Kier molecular flexibility index (Phi) is 5.91. The minimum atomic E-state index is -0.211. The van der Waals surface area contributed by atoms with Gasteiger partial charge in [-0.05, 0) is 37.1 Å². The number of nitrogens with zero attached hydrogens (tertiary/aromatic N) is 3. The highest BCUT2D eigenvalue weighted by molar-refractivity contribution is 5.76. The van der Waals surface area contributed by atoms with Crippen LogP contribution in [0.4, 0.5) is 4.39 Å². The van der Waals surface area contributed by atoms with Crippen molar-refractivity contribution in [3.63, 3.8) is 0 Å². The van der Waals surface area contributed by atoms with E-state index in [1.807, 2.05) is 12.1 Å². The van der Waals surface area contributed by atoms with E-state index in [1.54, 1.807) is 24.1 Å². The molecule has 0 saturated carbocycles. The molecule has 22 heavy (non-hydrogen) atoms. The van der Waals surface area contributed by atoms with E-state index in [4.69, 9.17) is 5.26 Å². The Bertz CT molecular complexity index is 555. The monoisotopic (exact) mass is 303 g/mol. The lowest BCUT2D eigenvalue weighted by Crippen LogP contribution is -2.32. The SMILES string of the molecule is CN(CCC#N)C(=O)CCN1CCC[C@H]1c1cccc(F)c1. The highest BCUT2D eigenvalue weighted by atomic mass is 19.1. The molecule has 0 N–H and O–H groups in total. The first-order valence-corrected chi connectivity index (χ1v) is 7.72. The number of hydrogen-bond donors (Lipinski definition) is 0. The Morgan fingerprint density at radius 3 is 3.09 bits per heavy atom. The van der Waals surface area contributed by atoms with Gasteiger partial charge in [0.05, 0.1) is 12.5 Å². The summed E-state index contributed by atoms with van der Waals surface area (Å²) in [5, 5.41) is 8.56. The summed E-state index contributed by atoms with van der Waals surface area (Å²) in [5.74, 6) is -0.156. The predicted octanol–water partition coefficient (Wildman–Crippen LogP) is 2.72. The number of carbonyl (C=O) groups excluding carboxylic acids is 1. The van der Waals surface area contributed by atoms with Crippen LogP contribution in [-0.4, -0.2) is 42.4 Å². The Morgan fingerprint density at radius 1 is 1.55 bits per heavy atom. The molecule has 0 aromatic heterocycles. The van der Waals surface area contributed by atoms with E-state index in [0.717, 1.165) is 24.9 Å². The Hall–Kier alpha value is -1.93. The molecule has 0 aliphatic carbocycles. The first kappa shape index (κ1) is 16.4. The summed E-state index contributed by atoms with van der Waals surface area (Å²) in [4.78, 5) is 15.9. The van der Waals surface area contributed by atoms with E-state index < -0.39 is 0 Å². The first-order valence-electron chi connectivity index (χ1n) is 7.72. The predicted molar refractivity (Wildman–Crippen MR) is 82.4 cm³/mol. The second-order valence-electron chi connectivity index (χ2n) is 5.72. The Morgan fingerprint density at radius 2 is 2.36 bits per heavy atom. The van der Waals surface area contributed by atoms with E-state index in [9.17, 15) is 9.18 Å². The lowest BCUT2D eigenvalue weighted by atomic mass is 10.0. The molecule has 2 rings (SSSR count). The van der Waals surface area contributed by atoms with Crippen LogP contribution in [0.15, 0.2) is 24.3 Å². The van der Waals surface area contributed by atoms with E-state index in [-0.39, 0.29) is 17.8 Å². The van der Waals surface area contributed by atoms with Gasteiger partial charge in [-0.3, -0.25) is 9.69 Å². The third-order valence-corrected chi connectivity index (χ3v) is 4.19. The van der Waals surface area contributed by atoms with Crippen LogP contribution in [0.3, 0.4) is 0 Å². The van der Waals surface area contributed by atoms with Gasteiger partial charge in [-0.2, -0.15) is 5.26 Å². The van der Waals surface area contributed by atoms with Gasteiger partial charge in [-0.1, -0.05) is 12.1 Å². The third-order valence-electron chi connectivity index (χ3n) is 4.19. The standard InChI is InChI=1S/C17H22FN3O/c1-20(10-4-9-19)17(22)8-12-21-11-3-7-16(21)14-5-2-6-15(18)13-14/h2,5-6,13,16H,3-4,7-8,10-12H2,1H3/t16-/m0/s1. The fourth-order valence-electron chi connectivity index (χ4n) is 2.96. The maximum absolute atomic E-state index is 13.4. The molecule has 1 atom stereocenters. The summed E-state index contributed by atoms with van der Waals surface area (Å²) >= 11 is 0. The second-order valence-corrected chi connectivity index (χ2v) is 5.72. The third kappa shape index (κ3) is 4.28. The van der Waals surface area contributed by atoms with Crippen molar-refractivity contribution in [2.45, 2.75) is 31.7 Å². The van der Waals surface area contributed by atoms with Crippen molar-refractivity contribution in [2.24, 2.45) is 0 Å². The van der Waals surface area contributed by atoms with E-state index >= 15 is 0 Å². The van der Waals surface area contributed by atoms with Gasteiger partial charge in [0.15, 0.2) is 0 Å². The van der Waals surface area contributed by atoms with Gasteiger partial charge in [0.25, 0.3) is 0 Å². The van der Waals surface area contributed by atoms with Crippen molar-refractivity contribution >= 4 is 5.91 Å². The van der Waals surface area contributed by atoms with Crippen molar-refractivity contribution in [1.82, 2.24) is 9.80 Å². The summed E-state index contributed by atoms with van der Waals surface area (Å²) in [7, 11) is 1.73. The van der Waals surface area contributed by atoms with Crippen LogP contribution in [0.5, 0.6) is 0 Å². The van der Waals surface area contributed by atoms with Crippen LogP contribution in [0.2, 0.25) is 0 Å². The molecule has 1 aliphatic rings. The first-order chi connectivity index (χ1) is 10.6. The van der Waals surface area contributed by atoms with Crippen LogP contribution in [0.25, 0.3) is 0 Å². The average Bonchev–Trinajstić information content (AvgIpc) is 2.98. The van der Waals surface area contributed by atoms with E-state index in [1.165, 1.54) is 6.07 Å². The molecule has 0 unspecified atom stereocenters. The highest BCUT2D eigenvalue weighted by Crippen LogP contribution is 2.32. The van der Waals surface area contributed by atoms with Gasteiger partial charge in [0, 0.05) is 32.6 Å². The lowest BCUT2D eigenvalue weighted by Gasteiger charge is -2.25. The topological polar surface area (TPSA) is 47.3 Å². The quantitative estimate of drug-likeness (QED) is 0.812. The average molecular weight is 303 g/mol. The van der Waals surface area contributed by atoms with Crippen LogP contribution in [0.1, 0.15) is 37.3 Å². The largest absolute Gasteiger partial charge is 0.345 e. The molecule has 1 fully saturated rings. The van der Waals surface area contributed by atoms with Crippen molar-refractivity contribution in [3.8, 4) is 6.07 Å². The zero-order valence-electron chi connectivity index (χ0n) is 13.0. The molecular weight excluding hydrogens is 281 g/mol. The van der Waals surface area contributed by atoms with Crippen LogP contribution >= 0.6 is 0 Å². The zero-order chi connectivity index (χ0) is 15.9. The maximum Gasteiger partial charge on any atom is 0.223 e. The van der Waals surface area contributed by atoms with Gasteiger partial charge in [-0.15, -0.1) is 0 Å². The number of amides is 1. The molecule has 5 heteroatoms. The highest BCUT2D eigenvalue weighted by Gasteiger charge is 2.26. The minimum Gasteiger partial charge on any atom is -0.345 e. The van der Waals surface area contributed by atoms with Gasteiger partial charge in [-0.25, -0.2) is 4.39 Å². The smallest absolute Gasteiger partial charge is 0.223 e. The number of rotatable bonds is 6. The number of halogens is 1. The number of hydrogen-bond acceptors (Lipinski definition) is 3. The number of nitriles is 1. The zero-order valence-corrected chi connectivity index (χ0v) is 13.0. The van der Waals surface area contributed by atoms with Gasteiger partial charge >= 0.3 is 0 Å². The molecule has 4 nitrogen and oxygen atoms in total. The Balaban J connectivity index is 1.89. The molecule has 1 saturated heterocycles. The lowest BCUT2D eigenvalue weighted by molar-refractivity contribution is -0.130. The van der Waals surface area contributed by atoms with Gasteiger partial charge < -0.3 is 4.90 Å². The van der Waals surface area contributed by atoms with Crippen molar-refractivity contribution in [3.05, 3.63) is 35.6 Å². The molecule has 1 aliphatic heterocycles. The number of carbonyl (C=O) groups is 1. The minimum absolute atomic E-state index is 0.0557. The molecule has 1 aromatic carbocycles. The Labute approximate surface area is 131 Å². The molecule has 1 heterocycles. The molecule has 1 aromatic rings. The molecule has 118 valence electrons. The van der Waals surface area contributed by atoms with E-state index in [0.29, 0.717) is 25.9 Å². The van der Waals surface area contributed by atoms with Gasteiger partial charge in [0.1, 0.15) is 5.82 Å². The van der Waals surface area contributed by atoms with Crippen molar-refractivity contribution < 1.29 is 9.18 Å². The molecule has 1 amide bonds. The molecule has 0 spiro atoms. The van der Waals surface area contributed by atoms with Gasteiger partial charge in [0.2, 0.25) is 5.91 Å². The summed E-state index contributed by atoms with van der Waals surface area (Å²) in [5.41, 5.74) is 0.989. The molecule has 0 radical (unpaired) electrons. The fraction of sp³-hybridized carbons (Fsp3) is 0.529. The maximum atomic E-state index is 13.4. The summed E-state index contributed by atoms with van der Waals surface area (Å²) in [6.07, 6.45) is 2.87. The summed E-state index contributed by atoms with van der Waals surface area (Å²) < 4.78 is 13.4. The number of benzene rings is 1. The van der Waals surface area contributed by atoms with Crippen molar-refractivity contribution in [1.29, 1.82) is 5.26 Å². The normalized spacial score (nSPS) is 18.1. The molecule has 0 bridgehead atoms. The van der Waals surface area contributed by atoms with Crippen molar-refractivity contribution in [2.75, 3.05) is 26.7 Å². The van der Waals surface area contributed by atoms with Crippen LogP contribution in [0, 0.1) is 17.1 Å². The molecular formula is C17H22FN3O.